The summed E-state index contributed by atoms with van der Waals surface area (Å²) < 4.78 is 13.8. The first kappa shape index (κ1) is 11.1. The number of benzene rings is 1. The monoisotopic (exact) mass is 238 g/mol. The van der Waals surface area contributed by atoms with Gasteiger partial charge < -0.3 is 5.32 Å². The van der Waals surface area contributed by atoms with Crippen LogP contribution >= 0.6 is 11.6 Å². The van der Waals surface area contributed by atoms with Crippen molar-refractivity contribution in [1.29, 1.82) is 0 Å². The Bertz CT molecular complexity index is 567. The van der Waals surface area contributed by atoms with E-state index in [1.165, 1.54) is 0 Å². The molecule has 84 valence electrons. The SMILES string of the molecule is CNc1c(C)c(C)nc2c(F)c(Cl)ccc12. The average molecular weight is 239 g/mol. The van der Waals surface area contributed by atoms with Gasteiger partial charge in [0, 0.05) is 23.8 Å². The van der Waals surface area contributed by atoms with Crippen LogP contribution < -0.4 is 5.32 Å². The molecular weight excluding hydrogens is 227 g/mol. The van der Waals surface area contributed by atoms with Crippen LogP contribution in [0.25, 0.3) is 10.9 Å². The van der Waals surface area contributed by atoms with E-state index < -0.39 is 5.82 Å². The van der Waals surface area contributed by atoms with Crippen LogP contribution in [0.15, 0.2) is 12.1 Å². The third-order valence-corrected chi connectivity index (χ3v) is 3.08. The van der Waals surface area contributed by atoms with Gasteiger partial charge in [-0.15, -0.1) is 0 Å². The van der Waals surface area contributed by atoms with E-state index in [0.29, 0.717) is 5.52 Å². The van der Waals surface area contributed by atoms with Crippen molar-refractivity contribution in [2.75, 3.05) is 12.4 Å². The van der Waals surface area contributed by atoms with Gasteiger partial charge in [0.25, 0.3) is 0 Å². The molecule has 1 heterocycles. The van der Waals surface area contributed by atoms with E-state index in [1.807, 2.05) is 20.9 Å². The molecule has 2 aromatic rings. The predicted molar refractivity (Wildman–Crippen MR) is 65.7 cm³/mol. The molecular formula is C12H12ClFN2. The number of rotatable bonds is 1. The second-order valence-electron chi connectivity index (χ2n) is 3.70. The molecule has 0 saturated heterocycles. The van der Waals surface area contributed by atoms with Crippen molar-refractivity contribution in [2.24, 2.45) is 0 Å². The standard InChI is InChI=1S/C12H12ClFN2/c1-6-7(2)16-12-8(11(6)15-3)4-5-9(13)10(12)14/h4-5H,1-3H3,(H,15,16). The molecule has 4 heteroatoms. The Labute approximate surface area is 98.4 Å². The van der Waals surface area contributed by atoms with Gasteiger partial charge in [-0.1, -0.05) is 11.6 Å². The van der Waals surface area contributed by atoms with Crippen molar-refractivity contribution in [3.63, 3.8) is 0 Å². The molecule has 1 aromatic carbocycles. The minimum Gasteiger partial charge on any atom is -0.387 e. The van der Waals surface area contributed by atoms with Crippen LogP contribution in [0.3, 0.4) is 0 Å². The summed E-state index contributed by atoms with van der Waals surface area (Å²) in [5, 5.41) is 3.94. The molecule has 0 radical (unpaired) electrons. The maximum Gasteiger partial charge on any atom is 0.168 e. The number of hydrogen-bond donors (Lipinski definition) is 1. The van der Waals surface area contributed by atoms with Gasteiger partial charge in [0.05, 0.1) is 5.02 Å². The molecule has 1 N–H and O–H groups in total. The summed E-state index contributed by atoms with van der Waals surface area (Å²) >= 11 is 5.74. The largest absolute Gasteiger partial charge is 0.387 e. The number of anilines is 1. The summed E-state index contributed by atoms with van der Waals surface area (Å²) in [5.74, 6) is -0.459. The predicted octanol–water partition coefficient (Wildman–Crippen LogP) is 3.69. The molecule has 2 rings (SSSR count). The van der Waals surface area contributed by atoms with Gasteiger partial charge in [0.1, 0.15) is 5.52 Å². The van der Waals surface area contributed by atoms with Crippen molar-refractivity contribution in [1.82, 2.24) is 4.98 Å². The third-order valence-electron chi connectivity index (χ3n) is 2.79. The van der Waals surface area contributed by atoms with Crippen molar-refractivity contribution >= 4 is 28.2 Å². The maximum absolute atomic E-state index is 13.8. The number of pyridine rings is 1. The maximum atomic E-state index is 13.8. The third kappa shape index (κ3) is 1.52. The quantitative estimate of drug-likeness (QED) is 0.820. The second-order valence-corrected chi connectivity index (χ2v) is 4.11. The molecule has 0 aliphatic carbocycles. The Kier molecular flexibility index (Phi) is 2.72. The summed E-state index contributed by atoms with van der Waals surface area (Å²) in [4.78, 5) is 4.24. The van der Waals surface area contributed by atoms with E-state index in [0.717, 1.165) is 22.3 Å². The lowest BCUT2D eigenvalue weighted by atomic mass is 10.1. The lowest BCUT2D eigenvalue weighted by molar-refractivity contribution is 0.637. The van der Waals surface area contributed by atoms with Crippen LogP contribution in [0.1, 0.15) is 11.3 Å². The summed E-state index contributed by atoms with van der Waals surface area (Å²) in [7, 11) is 1.81. The van der Waals surface area contributed by atoms with Gasteiger partial charge >= 0.3 is 0 Å². The van der Waals surface area contributed by atoms with Gasteiger partial charge in [-0.25, -0.2) is 9.37 Å². The van der Waals surface area contributed by atoms with Gasteiger partial charge in [0.15, 0.2) is 5.82 Å². The van der Waals surface area contributed by atoms with Gasteiger partial charge in [0.2, 0.25) is 0 Å². The highest BCUT2D eigenvalue weighted by Gasteiger charge is 2.13. The molecule has 0 aliphatic heterocycles. The number of hydrogen-bond acceptors (Lipinski definition) is 2. The van der Waals surface area contributed by atoms with Crippen LogP contribution in [0.2, 0.25) is 5.02 Å². The fraction of sp³-hybridized carbons (Fsp3) is 0.250. The highest BCUT2D eigenvalue weighted by molar-refractivity contribution is 6.31. The second kappa shape index (κ2) is 3.91. The number of aromatic nitrogens is 1. The zero-order chi connectivity index (χ0) is 11.9. The first-order valence-corrected chi connectivity index (χ1v) is 5.36. The summed E-state index contributed by atoms with van der Waals surface area (Å²) in [5.41, 5.74) is 3.05. The topological polar surface area (TPSA) is 24.9 Å². The Morgan fingerprint density at radius 1 is 1.31 bits per heavy atom. The van der Waals surface area contributed by atoms with Crippen LogP contribution in [0.5, 0.6) is 0 Å². The first-order valence-electron chi connectivity index (χ1n) is 4.99. The van der Waals surface area contributed by atoms with Gasteiger partial charge in [-0.05, 0) is 31.5 Å². The van der Waals surface area contributed by atoms with Crippen LogP contribution in [-0.2, 0) is 0 Å². The normalized spacial score (nSPS) is 10.8. The van der Waals surface area contributed by atoms with Crippen LogP contribution in [0, 0.1) is 19.7 Å². The van der Waals surface area contributed by atoms with Gasteiger partial charge in [-0.3, -0.25) is 0 Å². The van der Waals surface area contributed by atoms with E-state index in [-0.39, 0.29) is 5.02 Å². The molecule has 0 saturated carbocycles. The van der Waals surface area contributed by atoms with Crippen LogP contribution in [-0.4, -0.2) is 12.0 Å². The van der Waals surface area contributed by atoms with E-state index in [9.17, 15) is 4.39 Å². The number of nitrogens with one attached hydrogen (secondary N) is 1. The molecule has 0 bridgehead atoms. The molecule has 16 heavy (non-hydrogen) atoms. The minimum absolute atomic E-state index is 0.102. The number of aryl methyl sites for hydroxylation is 1. The molecule has 0 spiro atoms. The van der Waals surface area contributed by atoms with Crippen molar-refractivity contribution < 1.29 is 4.39 Å². The zero-order valence-electron chi connectivity index (χ0n) is 9.36. The molecule has 2 nitrogen and oxygen atoms in total. The molecule has 1 aromatic heterocycles. The Morgan fingerprint density at radius 2 is 2.00 bits per heavy atom. The van der Waals surface area contributed by atoms with Crippen LogP contribution in [0.4, 0.5) is 10.1 Å². The minimum atomic E-state index is -0.459. The zero-order valence-corrected chi connectivity index (χ0v) is 10.1. The summed E-state index contributed by atoms with van der Waals surface area (Å²) in [6.07, 6.45) is 0. The number of fused-ring (bicyclic) bond motifs is 1. The Morgan fingerprint density at radius 3 is 2.62 bits per heavy atom. The average Bonchev–Trinajstić information content (AvgIpc) is 2.27. The number of nitrogens with zero attached hydrogens (tertiary/aromatic N) is 1. The van der Waals surface area contributed by atoms with Crippen molar-refractivity contribution in [3.8, 4) is 0 Å². The van der Waals surface area contributed by atoms with Crippen molar-refractivity contribution in [3.05, 3.63) is 34.2 Å². The molecule has 0 aliphatic rings. The summed E-state index contributed by atoms with van der Waals surface area (Å²) in [6.45, 7) is 3.82. The smallest absolute Gasteiger partial charge is 0.168 e. The van der Waals surface area contributed by atoms with Crippen molar-refractivity contribution in [2.45, 2.75) is 13.8 Å². The summed E-state index contributed by atoms with van der Waals surface area (Å²) in [6, 6.07) is 3.34. The van der Waals surface area contributed by atoms with E-state index >= 15 is 0 Å². The first-order chi connectivity index (χ1) is 7.56. The van der Waals surface area contributed by atoms with Gasteiger partial charge in [-0.2, -0.15) is 0 Å². The fourth-order valence-corrected chi connectivity index (χ4v) is 1.96. The van der Waals surface area contributed by atoms with E-state index in [2.05, 4.69) is 10.3 Å². The molecule has 0 atom stereocenters. The Hall–Kier alpha value is -1.35. The highest BCUT2D eigenvalue weighted by Crippen LogP contribution is 2.31. The lowest BCUT2D eigenvalue weighted by Crippen LogP contribution is -2.00. The molecule has 0 unspecified atom stereocenters. The highest BCUT2D eigenvalue weighted by atomic mass is 35.5. The van der Waals surface area contributed by atoms with E-state index in [1.54, 1.807) is 12.1 Å². The number of halogens is 2. The lowest BCUT2D eigenvalue weighted by Gasteiger charge is -2.12. The molecule has 0 fully saturated rings. The van der Waals surface area contributed by atoms with E-state index in [4.69, 9.17) is 11.6 Å². The fourth-order valence-electron chi connectivity index (χ4n) is 1.81. The molecule has 0 amide bonds. The Balaban J connectivity index is 2.96.